The molecule has 4 aromatic heterocycles. The zero-order chi connectivity index (χ0) is 32.7. The summed E-state index contributed by atoms with van der Waals surface area (Å²) in [6.07, 6.45) is 6.39. The standard InChI is InChI=1S/C38H38N6O4/c1-21-12-23-13-27(21)20-43(18-23)38(46)26-15-30-35(34(17-26)47-3)42(2)37(41-30)31-16-25-6-8-29(40-36(25)44(31)19-22-4-5-22)24-7-9-32(45)28(14-24)33-10-11-39-48-33/h6-11,14-17,21-23,27,45H,4-5,12-13,18-20H2,1-3H3/t21-,23?,27?/m0/s1. The Labute approximate surface area is 277 Å². The van der Waals surface area contributed by atoms with Crippen LogP contribution >= 0.6 is 0 Å². The van der Waals surface area contributed by atoms with Gasteiger partial charge in [-0.05, 0) is 97.9 Å². The molecule has 9 rings (SSSR count). The number of piperidine rings is 1. The van der Waals surface area contributed by atoms with E-state index in [2.05, 4.69) is 33.3 Å². The quantitative estimate of drug-likeness (QED) is 0.197. The van der Waals surface area contributed by atoms with Gasteiger partial charge in [0.2, 0.25) is 0 Å². The third-order valence-corrected chi connectivity index (χ3v) is 10.9. The van der Waals surface area contributed by atoms with Crippen LogP contribution in [0.1, 0.15) is 43.0 Å². The maximum Gasteiger partial charge on any atom is 0.254 e. The molecule has 2 bridgehead atoms. The summed E-state index contributed by atoms with van der Waals surface area (Å²) in [6, 6.07) is 17.2. The van der Waals surface area contributed by atoms with E-state index in [4.69, 9.17) is 19.2 Å². The Hall–Kier alpha value is -5.12. The fourth-order valence-corrected chi connectivity index (χ4v) is 8.18. The second kappa shape index (κ2) is 11.0. The van der Waals surface area contributed by atoms with Crippen LogP contribution < -0.4 is 4.74 Å². The van der Waals surface area contributed by atoms with Crippen molar-refractivity contribution in [3.05, 3.63) is 66.4 Å². The van der Waals surface area contributed by atoms with Crippen LogP contribution in [0, 0.1) is 23.7 Å². The lowest BCUT2D eigenvalue weighted by molar-refractivity contribution is 0.0653. The van der Waals surface area contributed by atoms with Crippen molar-refractivity contribution in [3.63, 3.8) is 0 Å². The van der Waals surface area contributed by atoms with Crippen molar-refractivity contribution < 1.29 is 19.2 Å². The molecule has 2 unspecified atom stereocenters. The van der Waals surface area contributed by atoms with Crippen LogP contribution in [0.25, 0.3) is 56.2 Å². The number of aryl methyl sites for hydroxylation is 1. The van der Waals surface area contributed by atoms with Crippen molar-refractivity contribution in [1.29, 1.82) is 0 Å². The SMILES string of the molecule is COc1cc(C(=O)N2CC3CC(C2)[C@@H](C)C3)cc2nc(-c3cc4ccc(-c5ccc(O)c(-c6ccno6)c5)nc4n3CC3CC3)n(C)c12. The van der Waals surface area contributed by atoms with Gasteiger partial charge in [-0.25, -0.2) is 9.97 Å². The molecule has 2 saturated carbocycles. The van der Waals surface area contributed by atoms with Crippen LogP contribution in [0.3, 0.4) is 0 Å². The average Bonchev–Trinajstić information content (AvgIpc) is 3.36. The van der Waals surface area contributed by atoms with Gasteiger partial charge in [0.05, 0.1) is 35.8 Å². The van der Waals surface area contributed by atoms with Gasteiger partial charge in [-0.1, -0.05) is 12.1 Å². The number of pyridine rings is 1. The Morgan fingerprint density at radius 3 is 2.69 bits per heavy atom. The predicted octanol–water partition coefficient (Wildman–Crippen LogP) is 7.15. The molecule has 5 heterocycles. The maximum atomic E-state index is 13.9. The van der Waals surface area contributed by atoms with Crippen molar-refractivity contribution in [2.75, 3.05) is 20.2 Å². The van der Waals surface area contributed by atoms with Gasteiger partial charge >= 0.3 is 0 Å². The Morgan fingerprint density at radius 1 is 1.04 bits per heavy atom. The molecule has 10 heteroatoms. The number of imidazole rings is 1. The van der Waals surface area contributed by atoms with E-state index in [1.807, 2.05) is 42.3 Å². The Balaban J connectivity index is 1.13. The number of benzene rings is 2. The summed E-state index contributed by atoms with van der Waals surface area (Å²) < 4.78 is 15.6. The third-order valence-electron chi connectivity index (χ3n) is 10.9. The summed E-state index contributed by atoms with van der Waals surface area (Å²) in [5.41, 5.74) is 6.30. The van der Waals surface area contributed by atoms with Crippen LogP contribution in [0.2, 0.25) is 0 Å². The van der Waals surface area contributed by atoms with Crippen LogP contribution in [-0.2, 0) is 13.6 Å². The molecule has 6 aromatic rings. The second-order valence-electron chi connectivity index (χ2n) is 14.1. The number of likely N-dealkylation sites (tertiary alicyclic amines) is 1. The first-order valence-electron chi connectivity index (χ1n) is 16.9. The zero-order valence-electron chi connectivity index (χ0n) is 27.4. The summed E-state index contributed by atoms with van der Waals surface area (Å²) in [6.45, 7) is 4.82. The molecule has 1 saturated heterocycles. The highest BCUT2D eigenvalue weighted by Gasteiger charge is 2.39. The molecule has 2 aliphatic carbocycles. The predicted molar refractivity (Wildman–Crippen MR) is 183 cm³/mol. The molecular weight excluding hydrogens is 604 g/mol. The first-order chi connectivity index (χ1) is 23.3. The minimum atomic E-state index is 0.0616. The highest BCUT2D eigenvalue weighted by molar-refractivity contribution is 6.00. The number of aromatic nitrogens is 5. The molecule has 3 fully saturated rings. The topological polar surface area (TPSA) is 111 Å². The van der Waals surface area contributed by atoms with Crippen molar-refractivity contribution >= 4 is 28.0 Å². The first kappa shape index (κ1) is 29.1. The highest BCUT2D eigenvalue weighted by atomic mass is 16.5. The largest absolute Gasteiger partial charge is 0.507 e. The molecule has 0 spiro atoms. The Kier molecular flexibility index (Phi) is 6.64. The molecule has 244 valence electrons. The number of carbonyl (C=O) groups is 1. The number of hydrogen-bond donors (Lipinski definition) is 1. The van der Waals surface area contributed by atoms with Crippen LogP contribution in [0.5, 0.6) is 11.5 Å². The summed E-state index contributed by atoms with van der Waals surface area (Å²) in [4.78, 5) is 26.2. The zero-order valence-corrected chi connectivity index (χ0v) is 27.4. The Morgan fingerprint density at radius 2 is 1.92 bits per heavy atom. The van der Waals surface area contributed by atoms with Crippen LogP contribution in [0.15, 0.2) is 65.3 Å². The lowest BCUT2D eigenvalue weighted by atomic mass is 9.95. The molecule has 1 aliphatic heterocycles. The Bertz CT molecular complexity index is 2210. The lowest BCUT2D eigenvalue weighted by Crippen LogP contribution is -2.41. The van der Waals surface area contributed by atoms with Gasteiger partial charge in [-0.15, -0.1) is 0 Å². The number of nitrogens with zero attached hydrogens (tertiary/aromatic N) is 6. The van der Waals surface area contributed by atoms with Gasteiger partial charge in [0.15, 0.2) is 11.6 Å². The number of methoxy groups -OCH3 is 1. The van der Waals surface area contributed by atoms with E-state index in [0.29, 0.717) is 46.3 Å². The number of aromatic hydroxyl groups is 1. The normalized spacial score (nSPS) is 20.6. The molecule has 2 aromatic carbocycles. The number of amides is 1. The van der Waals surface area contributed by atoms with E-state index in [1.54, 1.807) is 25.4 Å². The highest BCUT2D eigenvalue weighted by Crippen LogP contribution is 2.42. The lowest BCUT2D eigenvalue weighted by Gasteiger charge is -2.32. The van der Waals surface area contributed by atoms with Gasteiger partial charge in [-0.2, -0.15) is 0 Å². The van der Waals surface area contributed by atoms with E-state index in [-0.39, 0.29) is 11.7 Å². The molecule has 3 aliphatic rings. The van der Waals surface area contributed by atoms with E-state index in [0.717, 1.165) is 64.5 Å². The molecule has 1 amide bonds. The number of fused-ring (bicyclic) bond motifs is 4. The maximum absolute atomic E-state index is 13.9. The van der Waals surface area contributed by atoms with E-state index >= 15 is 0 Å². The van der Waals surface area contributed by atoms with E-state index in [9.17, 15) is 9.90 Å². The third kappa shape index (κ3) is 4.76. The smallest absolute Gasteiger partial charge is 0.254 e. The molecule has 1 N–H and O–H groups in total. The molecule has 48 heavy (non-hydrogen) atoms. The van der Waals surface area contributed by atoms with Crippen molar-refractivity contribution in [2.45, 2.75) is 39.2 Å². The van der Waals surface area contributed by atoms with E-state index in [1.165, 1.54) is 25.7 Å². The molecule has 3 atom stereocenters. The number of rotatable bonds is 7. The second-order valence-corrected chi connectivity index (χ2v) is 14.1. The minimum absolute atomic E-state index is 0.0616. The molecule has 0 radical (unpaired) electrons. The van der Waals surface area contributed by atoms with Crippen molar-refractivity contribution in [3.8, 4) is 45.6 Å². The number of hydrogen-bond acceptors (Lipinski definition) is 7. The number of phenols is 1. The number of carbonyl (C=O) groups excluding carboxylic acids is 1. The average molecular weight is 643 g/mol. The van der Waals surface area contributed by atoms with Gasteiger partial charge in [0, 0.05) is 49.3 Å². The monoisotopic (exact) mass is 642 g/mol. The minimum Gasteiger partial charge on any atom is -0.507 e. The molecule has 10 nitrogen and oxygen atoms in total. The summed E-state index contributed by atoms with van der Waals surface area (Å²) >= 11 is 0. The van der Waals surface area contributed by atoms with Gasteiger partial charge < -0.3 is 28.4 Å². The van der Waals surface area contributed by atoms with Crippen molar-refractivity contribution in [1.82, 2.24) is 29.2 Å². The van der Waals surface area contributed by atoms with Crippen LogP contribution in [0.4, 0.5) is 0 Å². The number of phenolic OH excluding ortho intramolecular Hbond substituents is 1. The fraction of sp³-hybridized carbons (Fsp3) is 0.368. The fourth-order valence-electron chi connectivity index (χ4n) is 8.18. The summed E-state index contributed by atoms with van der Waals surface area (Å²) in [7, 11) is 3.67. The van der Waals surface area contributed by atoms with Crippen molar-refractivity contribution in [2.24, 2.45) is 30.7 Å². The van der Waals surface area contributed by atoms with Gasteiger partial charge in [-0.3, -0.25) is 4.79 Å². The molecular formula is C38H38N6O4. The van der Waals surface area contributed by atoms with Crippen LogP contribution in [-0.4, -0.2) is 60.4 Å². The first-order valence-corrected chi connectivity index (χ1v) is 16.9. The summed E-state index contributed by atoms with van der Waals surface area (Å²) in [5.74, 6) is 4.58. The van der Waals surface area contributed by atoms with Gasteiger partial charge in [0.1, 0.15) is 22.7 Å². The number of ether oxygens (including phenoxy) is 1. The van der Waals surface area contributed by atoms with E-state index < -0.39 is 0 Å². The summed E-state index contributed by atoms with van der Waals surface area (Å²) in [5, 5.41) is 15.3. The van der Waals surface area contributed by atoms with Gasteiger partial charge in [0.25, 0.3) is 5.91 Å².